The topological polar surface area (TPSA) is 117 Å². The predicted molar refractivity (Wildman–Crippen MR) is 170 cm³/mol. The van der Waals surface area contributed by atoms with Gasteiger partial charge in [0.25, 0.3) is 0 Å². The highest BCUT2D eigenvalue weighted by atomic mass is 32.1. The number of carbonyl (C=O) groups excluding carboxylic acids is 1. The van der Waals surface area contributed by atoms with Gasteiger partial charge in [0.1, 0.15) is 16.6 Å². The molecule has 3 aromatic heterocycles. The minimum Gasteiger partial charge on any atom is -0.386 e. The van der Waals surface area contributed by atoms with E-state index in [1.807, 2.05) is 54.7 Å². The van der Waals surface area contributed by atoms with Crippen molar-refractivity contribution >= 4 is 49.6 Å². The molecule has 5 heterocycles. The van der Waals surface area contributed by atoms with E-state index >= 15 is 0 Å². The van der Waals surface area contributed by atoms with E-state index in [0.717, 1.165) is 65.1 Å². The Balaban J connectivity index is 1.22. The maximum atomic E-state index is 12.7. The summed E-state index contributed by atoms with van der Waals surface area (Å²) in [5.74, 6) is 0.918. The molecule has 1 unspecified atom stereocenters. The molecule has 1 amide bonds. The number of nitrogens with zero attached hydrogens (tertiary/aromatic N) is 9. The van der Waals surface area contributed by atoms with Gasteiger partial charge in [0.05, 0.1) is 30.9 Å². The number of nitriles is 1. The third kappa shape index (κ3) is 5.72. The molecular formula is C30H37N9O2S2. The summed E-state index contributed by atoms with van der Waals surface area (Å²) in [6.07, 6.45) is 2.76. The van der Waals surface area contributed by atoms with Crippen molar-refractivity contribution in [3.63, 3.8) is 0 Å². The number of imidazole rings is 1. The van der Waals surface area contributed by atoms with Gasteiger partial charge in [-0.1, -0.05) is 59.4 Å². The molecule has 0 saturated carbocycles. The molecule has 2 aliphatic heterocycles. The summed E-state index contributed by atoms with van der Waals surface area (Å²) in [5.41, 5.74) is 2.94. The van der Waals surface area contributed by atoms with Crippen molar-refractivity contribution in [1.29, 1.82) is 5.26 Å². The highest BCUT2D eigenvalue weighted by molar-refractivity contribution is 7.20. The van der Waals surface area contributed by atoms with Crippen LogP contribution in [0.25, 0.3) is 16.2 Å². The van der Waals surface area contributed by atoms with Crippen molar-refractivity contribution in [2.24, 2.45) is 0 Å². The number of carbonyl (C=O) groups is 1. The van der Waals surface area contributed by atoms with Crippen LogP contribution in [0.15, 0.2) is 24.3 Å². The van der Waals surface area contributed by atoms with Crippen LogP contribution in [0.3, 0.4) is 0 Å². The highest BCUT2D eigenvalue weighted by Crippen LogP contribution is 2.38. The minimum absolute atomic E-state index is 0.0610. The molecular weight excluding hydrogens is 583 g/mol. The Kier molecular flexibility index (Phi) is 7.89. The average molecular weight is 620 g/mol. The fraction of sp³-hybridized carbons (Fsp3) is 0.500. The summed E-state index contributed by atoms with van der Waals surface area (Å²) in [6, 6.07) is 10.6. The number of fused-ring (bicyclic) bond motifs is 1. The number of aliphatic hydroxyl groups is 1. The zero-order valence-corrected chi connectivity index (χ0v) is 26.9. The van der Waals surface area contributed by atoms with Crippen molar-refractivity contribution in [2.75, 3.05) is 56.6 Å². The van der Waals surface area contributed by atoms with Crippen LogP contribution in [0.1, 0.15) is 42.8 Å². The second-order valence-electron chi connectivity index (χ2n) is 11.9. The molecule has 6 rings (SSSR count). The second kappa shape index (κ2) is 11.5. The molecule has 0 bridgehead atoms. The quantitative estimate of drug-likeness (QED) is 0.313. The van der Waals surface area contributed by atoms with Crippen LogP contribution in [0.2, 0.25) is 0 Å². The zero-order chi connectivity index (χ0) is 30.5. The SMILES string of the molecule is CCc1nc2sc(N3CCCC(N(C)CC(=O)N4CC(C)(O)C4)C3)nn2c1N(C)c1nc(-c2ccc(C)cc2)c(C#N)s1. The van der Waals surface area contributed by atoms with Gasteiger partial charge in [0.15, 0.2) is 10.9 Å². The normalized spacial score (nSPS) is 18.2. The molecule has 1 aromatic carbocycles. The van der Waals surface area contributed by atoms with Gasteiger partial charge in [-0.15, -0.1) is 5.10 Å². The summed E-state index contributed by atoms with van der Waals surface area (Å²) in [4.78, 5) is 32.1. The number of β-amino-alcohol motifs (C(OH)–C–C–N with tert-alkyl or cyclic N) is 1. The molecule has 2 saturated heterocycles. The summed E-state index contributed by atoms with van der Waals surface area (Å²) >= 11 is 2.94. The Hall–Kier alpha value is -3.57. The monoisotopic (exact) mass is 619 g/mol. The average Bonchev–Trinajstić information content (AvgIpc) is 3.68. The number of hydrogen-bond donors (Lipinski definition) is 1. The number of likely N-dealkylation sites (N-methyl/N-ethyl adjacent to an activating group) is 1. The number of benzene rings is 1. The van der Waals surface area contributed by atoms with E-state index in [4.69, 9.17) is 15.1 Å². The van der Waals surface area contributed by atoms with E-state index in [-0.39, 0.29) is 11.9 Å². The molecule has 2 fully saturated rings. The summed E-state index contributed by atoms with van der Waals surface area (Å²) in [7, 11) is 3.97. The van der Waals surface area contributed by atoms with Crippen LogP contribution in [-0.2, 0) is 11.2 Å². The smallest absolute Gasteiger partial charge is 0.236 e. The maximum absolute atomic E-state index is 12.7. The van der Waals surface area contributed by atoms with E-state index in [1.165, 1.54) is 11.3 Å². The Morgan fingerprint density at radius 3 is 2.63 bits per heavy atom. The van der Waals surface area contributed by atoms with Crippen LogP contribution >= 0.6 is 22.7 Å². The molecule has 4 aromatic rings. The molecule has 11 nitrogen and oxygen atoms in total. The number of amides is 1. The fourth-order valence-corrected chi connectivity index (χ4v) is 7.68. The van der Waals surface area contributed by atoms with Gasteiger partial charge < -0.3 is 19.8 Å². The van der Waals surface area contributed by atoms with Crippen molar-refractivity contribution in [1.82, 2.24) is 29.4 Å². The molecule has 0 spiro atoms. The molecule has 2 aliphatic rings. The number of thiazole rings is 1. The van der Waals surface area contributed by atoms with Crippen LogP contribution in [0, 0.1) is 18.3 Å². The van der Waals surface area contributed by atoms with E-state index < -0.39 is 5.60 Å². The van der Waals surface area contributed by atoms with E-state index in [9.17, 15) is 15.2 Å². The maximum Gasteiger partial charge on any atom is 0.236 e. The lowest BCUT2D eigenvalue weighted by molar-refractivity contribution is -0.153. The first-order valence-electron chi connectivity index (χ1n) is 14.6. The van der Waals surface area contributed by atoms with Crippen molar-refractivity contribution in [2.45, 2.75) is 51.7 Å². The standard InChI is InChI=1S/C30H37N9O2S2/c1-6-22-26(36(5)27-33-25(23(14-31)42-27)20-11-9-19(2)10-12-20)39-28(32-22)43-29(34-39)37-13-7-8-21(15-37)35(4)16-24(40)38-17-30(3,41)18-38/h9-12,21,41H,6-8,13,15-18H2,1-5H3. The minimum atomic E-state index is -0.760. The number of aryl methyl sites for hydroxylation is 2. The van der Waals surface area contributed by atoms with Crippen molar-refractivity contribution < 1.29 is 9.90 Å². The van der Waals surface area contributed by atoms with Gasteiger partial charge in [0, 0.05) is 31.7 Å². The van der Waals surface area contributed by atoms with Crippen LogP contribution in [0.5, 0.6) is 0 Å². The van der Waals surface area contributed by atoms with Gasteiger partial charge in [-0.2, -0.15) is 9.78 Å². The number of piperidine rings is 1. The molecule has 226 valence electrons. The molecule has 0 radical (unpaired) electrons. The molecule has 1 N–H and O–H groups in total. The van der Waals surface area contributed by atoms with E-state index in [1.54, 1.807) is 23.2 Å². The third-order valence-corrected chi connectivity index (χ3v) is 10.3. The van der Waals surface area contributed by atoms with E-state index in [0.29, 0.717) is 35.3 Å². The predicted octanol–water partition coefficient (Wildman–Crippen LogP) is 3.92. The number of likely N-dealkylation sites (tertiary alicyclic amines) is 1. The summed E-state index contributed by atoms with van der Waals surface area (Å²) in [6.45, 7) is 8.71. The van der Waals surface area contributed by atoms with Gasteiger partial charge in [0.2, 0.25) is 16.0 Å². The Labute approximate surface area is 259 Å². The van der Waals surface area contributed by atoms with Crippen LogP contribution in [0.4, 0.5) is 16.1 Å². The van der Waals surface area contributed by atoms with Crippen LogP contribution < -0.4 is 9.80 Å². The van der Waals surface area contributed by atoms with Gasteiger partial charge >= 0.3 is 0 Å². The zero-order valence-electron chi connectivity index (χ0n) is 25.2. The summed E-state index contributed by atoms with van der Waals surface area (Å²) < 4.78 is 1.91. The number of anilines is 3. The van der Waals surface area contributed by atoms with Crippen LogP contribution in [-0.4, -0.2) is 98.9 Å². The first-order chi connectivity index (χ1) is 20.6. The number of rotatable bonds is 8. The summed E-state index contributed by atoms with van der Waals surface area (Å²) in [5, 5.41) is 26.5. The van der Waals surface area contributed by atoms with Crippen molar-refractivity contribution in [3.05, 3.63) is 40.4 Å². The first kappa shape index (κ1) is 29.5. The van der Waals surface area contributed by atoms with Gasteiger partial charge in [-0.3, -0.25) is 9.69 Å². The lowest BCUT2D eigenvalue weighted by Gasteiger charge is -2.45. The Bertz CT molecular complexity index is 1680. The Morgan fingerprint density at radius 2 is 1.95 bits per heavy atom. The molecule has 0 aliphatic carbocycles. The highest BCUT2D eigenvalue weighted by Gasteiger charge is 2.40. The van der Waals surface area contributed by atoms with Gasteiger partial charge in [-0.05, 0) is 40.2 Å². The lowest BCUT2D eigenvalue weighted by Crippen LogP contribution is -2.63. The second-order valence-corrected chi connectivity index (χ2v) is 13.8. The molecule has 43 heavy (non-hydrogen) atoms. The molecule has 1 atom stereocenters. The largest absolute Gasteiger partial charge is 0.386 e. The number of hydrogen-bond acceptors (Lipinski definition) is 11. The van der Waals surface area contributed by atoms with Gasteiger partial charge in [-0.25, -0.2) is 9.97 Å². The third-order valence-electron chi connectivity index (χ3n) is 8.31. The number of aromatic nitrogens is 4. The Morgan fingerprint density at radius 1 is 1.21 bits per heavy atom. The lowest BCUT2D eigenvalue weighted by atomic mass is 9.97. The van der Waals surface area contributed by atoms with E-state index in [2.05, 4.69) is 22.8 Å². The van der Waals surface area contributed by atoms with Crippen molar-refractivity contribution in [3.8, 4) is 17.3 Å². The fourth-order valence-electron chi connectivity index (χ4n) is 5.88. The molecule has 13 heteroatoms. The first-order valence-corrected chi connectivity index (χ1v) is 16.3.